The molecule has 116 valence electrons. The van der Waals surface area contributed by atoms with Gasteiger partial charge in [-0.1, -0.05) is 29.8 Å². The van der Waals surface area contributed by atoms with Crippen LogP contribution in [0.2, 0.25) is 5.02 Å². The van der Waals surface area contributed by atoms with Crippen LogP contribution in [0, 0.1) is 0 Å². The Morgan fingerprint density at radius 3 is 2.57 bits per heavy atom. The van der Waals surface area contributed by atoms with Crippen molar-refractivity contribution >= 4 is 39.4 Å². The van der Waals surface area contributed by atoms with Crippen LogP contribution in [0.1, 0.15) is 10.4 Å². The van der Waals surface area contributed by atoms with Crippen molar-refractivity contribution in [2.24, 2.45) is 0 Å². The molecule has 3 rings (SSSR count). The molecule has 0 aliphatic rings. The summed E-state index contributed by atoms with van der Waals surface area (Å²) in [5, 5.41) is 0.271. The van der Waals surface area contributed by atoms with E-state index in [0.717, 1.165) is 5.39 Å². The molecule has 4 nitrogen and oxygen atoms in total. The number of methoxy groups -OCH3 is 1. The molecule has 6 heteroatoms. The van der Waals surface area contributed by atoms with E-state index < -0.39 is 10.9 Å². The number of para-hydroxylation sites is 1. The molecule has 0 amide bonds. The van der Waals surface area contributed by atoms with Crippen LogP contribution in [-0.4, -0.2) is 12.4 Å². The van der Waals surface area contributed by atoms with Crippen molar-refractivity contribution in [1.82, 2.24) is 0 Å². The Morgan fingerprint density at radius 2 is 1.87 bits per heavy atom. The van der Waals surface area contributed by atoms with Crippen LogP contribution in [0.25, 0.3) is 22.1 Å². The van der Waals surface area contributed by atoms with Crippen LogP contribution >= 0.6 is 23.2 Å². The number of carbonyl (C=O) groups is 1. The number of rotatable bonds is 3. The van der Waals surface area contributed by atoms with Crippen molar-refractivity contribution < 1.29 is 13.9 Å². The summed E-state index contributed by atoms with van der Waals surface area (Å²) in [6.45, 7) is 0. The second-order valence-electron chi connectivity index (χ2n) is 4.79. The summed E-state index contributed by atoms with van der Waals surface area (Å²) in [6, 6.07) is 11.7. The smallest absolute Gasteiger partial charge is 0.344 e. The minimum absolute atomic E-state index is 0.132. The summed E-state index contributed by atoms with van der Waals surface area (Å²) in [7, 11) is 1.40. The average molecular weight is 349 g/mol. The highest BCUT2D eigenvalue weighted by atomic mass is 35.5. The molecule has 1 heterocycles. The SMILES string of the molecule is COc1cc(-c2cc3ccccc3oc2=O)c(Cl)cc1C(=O)Cl. The van der Waals surface area contributed by atoms with Gasteiger partial charge in [-0.25, -0.2) is 4.79 Å². The highest BCUT2D eigenvalue weighted by molar-refractivity contribution is 6.68. The van der Waals surface area contributed by atoms with Crippen LogP contribution in [0.4, 0.5) is 0 Å². The van der Waals surface area contributed by atoms with E-state index in [9.17, 15) is 9.59 Å². The van der Waals surface area contributed by atoms with Gasteiger partial charge in [0.15, 0.2) is 0 Å². The number of carbonyl (C=O) groups excluding carboxylic acids is 1. The maximum Gasteiger partial charge on any atom is 0.344 e. The number of ether oxygens (including phenoxy) is 1. The predicted molar refractivity (Wildman–Crippen MR) is 89.7 cm³/mol. The molecule has 0 bridgehead atoms. The molecule has 0 unspecified atom stereocenters. The Kier molecular flexibility index (Phi) is 4.11. The van der Waals surface area contributed by atoms with E-state index in [-0.39, 0.29) is 21.9 Å². The van der Waals surface area contributed by atoms with Gasteiger partial charge in [-0.15, -0.1) is 0 Å². The molecule has 0 saturated carbocycles. The molecule has 0 atom stereocenters. The van der Waals surface area contributed by atoms with Crippen molar-refractivity contribution in [2.45, 2.75) is 0 Å². The molecule has 23 heavy (non-hydrogen) atoms. The first-order chi connectivity index (χ1) is 11.0. The lowest BCUT2D eigenvalue weighted by Crippen LogP contribution is -2.04. The fourth-order valence-electron chi connectivity index (χ4n) is 2.33. The number of halogens is 2. The van der Waals surface area contributed by atoms with E-state index in [1.165, 1.54) is 19.2 Å². The zero-order valence-electron chi connectivity index (χ0n) is 11.9. The lowest BCUT2D eigenvalue weighted by molar-refractivity contribution is 0.107. The van der Waals surface area contributed by atoms with Crippen molar-refractivity contribution in [3.63, 3.8) is 0 Å². The zero-order chi connectivity index (χ0) is 16.6. The fourth-order valence-corrected chi connectivity index (χ4v) is 2.75. The molecule has 0 aliphatic heterocycles. The van der Waals surface area contributed by atoms with Crippen molar-refractivity contribution in [1.29, 1.82) is 0 Å². The van der Waals surface area contributed by atoms with E-state index in [0.29, 0.717) is 11.1 Å². The van der Waals surface area contributed by atoms with Gasteiger partial charge >= 0.3 is 5.63 Å². The minimum atomic E-state index is -0.694. The van der Waals surface area contributed by atoms with Crippen LogP contribution in [0.5, 0.6) is 5.75 Å². The topological polar surface area (TPSA) is 56.5 Å². The van der Waals surface area contributed by atoms with Crippen molar-refractivity contribution in [2.75, 3.05) is 7.11 Å². The van der Waals surface area contributed by atoms with Gasteiger partial charge in [0.1, 0.15) is 11.3 Å². The van der Waals surface area contributed by atoms with Gasteiger partial charge in [0.2, 0.25) is 0 Å². The first-order valence-electron chi connectivity index (χ1n) is 6.62. The maximum atomic E-state index is 12.2. The summed E-state index contributed by atoms with van der Waals surface area (Å²) in [4.78, 5) is 23.7. The van der Waals surface area contributed by atoms with Gasteiger partial charge < -0.3 is 9.15 Å². The summed E-state index contributed by atoms with van der Waals surface area (Å²) < 4.78 is 10.5. The molecule has 1 aromatic heterocycles. The first-order valence-corrected chi connectivity index (χ1v) is 7.37. The first kappa shape index (κ1) is 15.6. The van der Waals surface area contributed by atoms with Crippen molar-refractivity contribution in [3.05, 3.63) is 63.5 Å². The van der Waals surface area contributed by atoms with Gasteiger partial charge in [-0.05, 0) is 35.9 Å². The largest absolute Gasteiger partial charge is 0.496 e. The van der Waals surface area contributed by atoms with E-state index in [1.54, 1.807) is 18.2 Å². The Hall–Kier alpha value is -2.30. The Morgan fingerprint density at radius 1 is 1.13 bits per heavy atom. The Labute approximate surface area is 141 Å². The number of hydrogen-bond acceptors (Lipinski definition) is 4. The van der Waals surface area contributed by atoms with E-state index in [1.807, 2.05) is 12.1 Å². The van der Waals surface area contributed by atoms with Gasteiger partial charge in [0, 0.05) is 16.0 Å². The Balaban J connectivity index is 2.28. The van der Waals surface area contributed by atoms with E-state index >= 15 is 0 Å². The maximum absolute atomic E-state index is 12.2. The molecule has 0 N–H and O–H groups in total. The predicted octanol–water partition coefficient (Wildman–Crippen LogP) is 4.50. The van der Waals surface area contributed by atoms with Crippen LogP contribution in [0.3, 0.4) is 0 Å². The molecular formula is C17H10Cl2O4. The minimum Gasteiger partial charge on any atom is -0.496 e. The van der Waals surface area contributed by atoms with Crippen LogP contribution in [-0.2, 0) is 0 Å². The monoisotopic (exact) mass is 348 g/mol. The second-order valence-corrected chi connectivity index (χ2v) is 5.54. The lowest BCUT2D eigenvalue weighted by atomic mass is 10.0. The molecule has 0 aliphatic carbocycles. The molecule has 0 fully saturated rings. The fraction of sp³-hybridized carbons (Fsp3) is 0.0588. The highest BCUT2D eigenvalue weighted by Crippen LogP contribution is 2.34. The quantitative estimate of drug-likeness (QED) is 0.516. The molecular weight excluding hydrogens is 339 g/mol. The van der Waals surface area contributed by atoms with Crippen molar-refractivity contribution in [3.8, 4) is 16.9 Å². The summed E-state index contributed by atoms with van der Waals surface area (Å²) in [5.74, 6) is 0.233. The van der Waals surface area contributed by atoms with Gasteiger partial charge in [-0.2, -0.15) is 0 Å². The van der Waals surface area contributed by atoms with E-state index in [2.05, 4.69) is 0 Å². The summed E-state index contributed by atoms with van der Waals surface area (Å²) in [5.41, 5.74) is 0.771. The molecule has 3 aromatic rings. The third-order valence-corrected chi connectivity index (χ3v) is 3.95. The van der Waals surface area contributed by atoms with Gasteiger partial charge in [0.25, 0.3) is 5.24 Å². The summed E-state index contributed by atoms with van der Waals surface area (Å²) in [6.07, 6.45) is 0. The van der Waals surface area contributed by atoms with E-state index in [4.69, 9.17) is 32.4 Å². The van der Waals surface area contributed by atoms with Gasteiger partial charge in [-0.3, -0.25) is 4.79 Å². The molecule has 0 radical (unpaired) electrons. The number of hydrogen-bond donors (Lipinski definition) is 0. The molecule has 2 aromatic carbocycles. The third kappa shape index (κ3) is 2.83. The average Bonchev–Trinajstić information content (AvgIpc) is 2.54. The molecule has 0 spiro atoms. The standard InChI is InChI=1S/C17H10Cl2O4/c1-22-15-8-10(13(18)7-12(15)16(19)20)11-6-9-4-2-3-5-14(9)23-17(11)21/h2-8H,1H3. The number of benzene rings is 2. The third-order valence-electron chi connectivity index (χ3n) is 3.43. The van der Waals surface area contributed by atoms with Crippen LogP contribution < -0.4 is 10.4 Å². The second kappa shape index (κ2) is 6.07. The Bertz CT molecular complexity index is 976. The van der Waals surface area contributed by atoms with Crippen LogP contribution in [0.15, 0.2) is 51.7 Å². The summed E-state index contributed by atoms with van der Waals surface area (Å²) >= 11 is 11.7. The molecule has 0 saturated heterocycles. The zero-order valence-corrected chi connectivity index (χ0v) is 13.4. The normalized spacial score (nSPS) is 10.7. The lowest BCUT2D eigenvalue weighted by Gasteiger charge is -2.10. The number of fused-ring (bicyclic) bond motifs is 1. The highest BCUT2D eigenvalue weighted by Gasteiger charge is 2.18. The van der Waals surface area contributed by atoms with Gasteiger partial charge in [0.05, 0.1) is 18.2 Å².